The third kappa shape index (κ3) is 2.72. The van der Waals surface area contributed by atoms with Gasteiger partial charge in [-0.2, -0.15) is 0 Å². The lowest BCUT2D eigenvalue weighted by Crippen LogP contribution is -2.13. The summed E-state index contributed by atoms with van der Waals surface area (Å²) in [6, 6.07) is 7.53. The Morgan fingerprint density at radius 1 is 1.43 bits per heavy atom. The highest BCUT2D eigenvalue weighted by Crippen LogP contribution is 2.25. The molecule has 0 spiro atoms. The SMILES string of the molecule is CCOc1ccccc1[C@H](N)CCO. The third-order valence-electron chi connectivity index (χ3n) is 2.06. The summed E-state index contributed by atoms with van der Waals surface area (Å²) >= 11 is 0. The average Bonchev–Trinajstić information content (AvgIpc) is 2.19. The van der Waals surface area contributed by atoms with Gasteiger partial charge in [-0.05, 0) is 19.4 Å². The van der Waals surface area contributed by atoms with Crippen LogP contribution in [-0.4, -0.2) is 18.3 Å². The van der Waals surface area contributed by atoms with Gasteiger partial charge in [0, 0.05) is 18.2 Å². The van der Waals surface area contributed by atoms with Crippen LogP contribution in [0.15, 0.2) is 24.3 Å². The number of hydrogen-bond donors (Lipinski definition) is 2. The first-order valence-corrected chi connectivity index (χ1v) is 4.87. The normalized spacial score (nSPS) is 12.5. The number of para-hydroxylation sites is 1. The van der Waals surface area contributed by atoms with Gasteiger partial charge in [-0.25, -0.2) is 0 Å². The largest absolute Gasteiger partial charge is 0.494 e. The van der Waals surface area contributed by atoms with Gasteiger partial charge in [0.1, 0.15) is 5.75 Å². The predicted molar refractivity (Wildman–Crippen MR) is 56.2 cm³/mol. The fraction of sp³-hybridized carbons (Fsp3) is 0.455. The zero-order valence-corrected chi connectivity index (χ0v) is 8.44. The Bertz CT molecular complexity index is 276. The van der Waals surface area contributed by atoms with E-state index in [1.54, 1.807) is 0 Å². The minimum Gasteiger partial charge on any atom is -0.494 e. The molecule has 1 aromatic carbocycles. The highest BCUT2D eigenvalue weighted by atomic mass is 16.5. The Morgan fingerprint density at radius 2 is 2.14 bits per heavy atom. The summed E-state index contributed by atoms with van der Waals surface area (Å²) in [6.45, 7) is 2.67. The van der Waals surface area contributed by atoms with E-state index in [-0.39, 0.29) is 12.6 Å². The maximum absolute atomic E-state index is 8.80. The minimum absolute atomic E-state index is 0.0988. The van der Waals surface area contributed by atoms with Crippen LogP contribution in [0.5, 0.6) is 5.75 Å². The van der Waals surface area contributed by atoms with Gasteiger partial charge in [0.2, 0.25) is 0 Å². The Morgan fingerprint density at radius 3 is 2.79 bits per heavy atom. The monoisotopic (exact) mass is 195 g/mol. The van der Waals surface area contributed by atoms with Crippen LogP contribution in [0.2, 0.25) is 0 Å². The average molecular weight is 195 g/mol. The maximum Gasteiger partial charge on any atom is 0.124 e. The molecule has 0 heterocycles. The van der Waals surface area contributed by atoms with Crippen LogP contribution in [0, 0.1) is 0 Å². The third-order valence-corrected chi connectivity index (χ3v) is 2.06. The lowest BCUT2D eigenvalue weighted by molar-refractivity contribution is 0.273. The van der Waals surface area contributed by atoms with Gasteiger partial charge in [-0.15, -0.1) is 0 Å². The van der Waals surface area contributed by atoms with Gasteiger partial charge < -0.3 is 15.6 Å². The van der Waals surface area contributed by atoms with Crippen molar-refractivity contribution in [3.8, 4) is 5.75 Å². The summed E-state index contributed by atoms with van der Waals surface area (Å²) in [6.07, 6.45) is 0.560. The topological polar surface area (TPSA) is 55.5 Å². The molecule has 0 unspecified atom stereocenters. The van der Waals surface area contributed by atoms with E-state index >= 15 is 0 Å². The molecule has 1 rings (SSSR count). The molecule has 0 aliphatic rings. The molecule has 14 heavy (non-hydrogen) atoms. The molecule has 0 radical (unpaired) electrons. The van der Waals surface area contributed by atoms with Gasteiger partial charge in [-0.1, -0.05) is 18.2 Å². The Balaban J connectivity index is 2.82. The van der Waals surface area contributed by atoms with Crippen LogP contribution in [0.25, 0.3) is 0 Å². The molecule has 1 aromatic rings. The molecule has 78 valence electrons. The minimum atomic E-state index is -0.150. The molecule has 0 amide bonds. The van der Waals surface area contributed by atoms with Crippen LogP contribution in [0.1, 0.15) is 24.9 Å². The first-order chi connectivity index (χ1) is 6.79. The molecule has 0 aliphatic carbocycles. The number of nitrogens with two attached hydrogens (primary N) is 1. The van der Waals surface area contributed by atoms with E-state index in [4.69, 9.17) is 15.6 Å². The Hall–Kier alpha value is -1.06. The fourth-order valence-electron chi connectivity index (χ4n) is 1.37. The van der Waals surface area contributed by atoms with Crippen molar-refractivity contribution < 1.29 is 9.84 Å². The highest BCUT2D eigenvalue weighted by molar-refractivity contribution is 5.35. The summed E-state index contributed by atoms with van der Waals surface area (Å²) < 4.78 is 5.44. The van der Waals surface area contributed by atoms with E-state index in [2.05, 4.69) is 0 Å². The molecule has 0 saturated carbocycles. The van der Waals surface area contributed by atoms with Gasteiger partial charge in [0.05, 0.1) is 6.61 Å². The Labute approximate surface area is 84.5 Å². The number of ether oxygens (including phenoxy) is 1. The summed E-state index contributed by atoms with van der Waals surface area (Å²) in [7, 11) is 0. The van der Waals surface area contributed by atoms with Gasteiger partial charge in [0.15, 0.2) is 0 Å². The summed E-state index contributed by atoms with van der Waals surface area (Å²) in [5, 5.41) is 8.80. The number of aliphatic hydroxyl groups excluding tert-OH is 1. The van der Waals surface area contributed by atoms with Crippen molar-refractivity contribution in [1.82, 2.24) is 0 Å². The molecule has 0 aromatic heterocycles. The molecule has 0 bridgehead atoms. The number of aliphatic hydroxyl groups is 1. The lowest BCUT2D eigenvalue weighted by Gasteiger charge is -2.15. The number of hydrogen-bond acceptors (Lipinski definition) is 3. The van der Waals surface area contributed by atoms with Gasteiger partial charge >= 0.3 is 0 Å². The second kappa shape index (κ2) is 5.62. The standard InChI is InChI=1S/C11H17NO2/c1-2-14-11-6-4-3-5-9(11)10(12)7-8-13/h3-6,10,13H,2,7-8,12H2,1H3/t10-/m1/s1. The second-order valence-electron chi connectivity index (χ2n) is 3.09. The van der Waals surface area contributed by atoms with Crippen molar-refractivity contribution in [1.29, 1.82) is 0 Å². The van der Waals surface area contributed by atoms with E-state index < -0.39 is 0 Å². The van der Waals surface area contributed by atoms with Crippen molar-refractivity contribution in [2.45, 2.75) is 19.4 Å². The van der Waals surface area contributed by atoms with Crippen molar-refractivity contribution in [3.05, 3.63) is 29.8 Å². The second-order valence-corrected chi connectivity index (χ2v) is 3.09. The summed E-state index contributed by atoms with van der Waals surface area (Å²) in [5.74, 6) is 0.816. The first-order valence-electron chi connectivity index (χ1n) is 4.87. The van der Waals surface area contributed by atoms with Crippen molar-refractivity contribution >= 4 is 0 Å². The Kier molecular flexibility index (Phi) is 4.43. The van der Waals surface area contributed by atoms with E-state index in [0.717, 1.165) is 11.3 Å². The molecule has 3 N–H and O–H groups in total. The summed E-state index contributed by atoms with van der Waals surface area (Å²) in [4.78, 5) is 0. The van der Waals surface area contributed by atoms with Crippen LogP contribution >= 0.6 is 0 Å². The zero-order valence-electron chi connectivity index (χ0n) is 8.44. The molecular formula is C11H17NO2. The van der Waals surface area contributed by atoms with Gasteiger partial charge in [-0.3, -0.25) is 0 Å². The molecule has 3 nitrogen and oxygen atoms in total. The number of rotatable bonds is 5. The molecule has 0 saturated heterocycles. The van der Waals surface area contributed by atoms with E-state index in [1.165, 1.54) is 0 Å². The zero-order chi connectivity index (χ0) is 10.4. The molecule has 3 heteroatoms. The fourth-order valence-corrected chi connectivity index (χ4v) is 1.37. The van der Waals surface area contributed by atoms with E-state index in [0.29, 0.717) is 13.0 Å². The van der Waals surface area contributed by atoms with Crippen LogP contribution in [0.3, 0.4) is 0 Å². The summed E-state index contributed by atoms with van der Waals surface area (Å²) in [5.41, 5.74) is 6.86. The molecule has 1 atom stereocenters. The lowest BCUT2D eigenvalue weighted by atomic mass is 10.0. The molecule has 0 fully saturated rings. The maximum atomic E-state index is 8.80. The van der Waals surface area contributed by atoms with E-state index in [1.807, 2.05) is 31.2 Å². The van der Waals surface area contributed by atoms with Crippen LogP contribution in [-0.2, 0) is 0 Å². The highest BCUT2D eigenvalue weighted by Gasteiger charge is 2.10. The molecule has 0 aliphatic heterocycles. The van der Waals surface area contributed by atoms with Crippen molar-refractivity contribution in [3.63, 3.8) is 0 Å². The van der Waals surface area contributed by atoms with Crippen LogP contribution < -0.4 is 10.5 Å². The van der Waals surface area contributed by atoms with Gasteiger partial charge in [0.25, 0.3) is 0 Å². The predicted octanol–water partition coefficient (Wildman–Crippen LogP) is 1.47. The number of benzene rings is 1. The smallest absolute Gasteiger partial charge is 0.124 e. The van der Waals surface area contributed by atoms with E-state index in [9.17, 15) is 0 Å². The van der Waals surface area contributed by atoms with Crippen LogP contribution in [0.4, 0.5) is 0 Å². The first kappa shape index (κ1) is 11.0. The van der Waals surface area contributed by atoms with Crippen molar-refractivity contribution in [2.24, 2.45) is 5.73 Å². The van der Waals surface area contributed by atoms with Crippen molar-refractivity contribution in [2.75, 3.05) is 13.2 Å². The quantitative estimate of drug-likeness (QED) is 0.748. The molecular weight excluding hydrogens is 178 g/mol.